The van der Waals surface area contributed by atoms with Crippen LogP contribution in [0.1, 0.15) is 322 Å². The summed E-state index contributed by atoms with van der Waals surface area (Å²) in [6, 6.07) is 17.5. The number of ketones is 4. The highest BCUT2D eigenvalue weighted by Gasteiger charge is 2.46. The van der Waals surface area contributed by atoms with E-state index < -0.39 is 11.6 Å². The van der Waals surface area contributed by atoms with E-state index in [0.29, 0.717) is 186 Å². The lowest BCUT2D eigenvalue weighted by Gasteiger charge is -2.23. The minimum atomic E-state index is -0.891. The molecule has 8 heterocycles. The molecule has 10 amide bonds. The number of hydrogen-bond donors (Lipinski definition) is 11. The summed E-state index contributed by atoms with van der Waals surface area (Å²) >= 11 is 7.73. The number of Topliss-reactive ketones (excluding diaryl/α,β-unsaturated/α-hetero) is 4. The zero-order valence-corrected chi connectivity index (χ0v) is 88.7. The molecular formula is C106H172N12O20S4. The summed E-state index contributed by atoms with van der Waals surface area (Å²) in [7, 11) is 0. The molecule has 36 heteroatoms. The lowest BCUT2D eigenvalue weighted by molar-refractivity contribution is -0.156. The number of urea groups is 4. The fourth-order valence-electron chi connectivity index (χ4n) is 19.5. The van der Waals surface area contributed by atoms with Crippen molar-refractivity contribution >= 4 is 118 Å². The Morgan fingerprint density at radius 3 is 0.838 bits per heavy atom. The monoisotopic (exact) mass is 2060 g/mol. The van der Waals surface area contributed by atoms with Crippen molar-refractivity contribution in [1.29, 1.82) is 0 Å². The third kappa shape index (κ3) is 49.8. The number of esters is 1. The molecule has 8 aliphatic heterocycles. The molecule has 8 saturated heterocycles. The van der Waals surface area contributed by atoms with Crippen LogP contribution in [0.5, 0.6) is 0 Å². The molecule has 800 valence electrons. The van der Waals surface area contributed by atoms with Crippen molar-refractivity contribution in [2.75, 3.05) is 142 Å². The van der Waals surface area contributed by atoms with Gasteiger partial charge in [0.2, 0.25) is 0 Å². The minimum absolute atomic E-state index is 0.0287. The molecule has 8 fully saturated rings. The Morgan fingerprint density at radius 2 is 0.563 bits per heavy atom. The molecule has 0 saturated carbocycles. The number of nitrogens with zero attached hydrogens (tertiary/aromatic N) is 2. The van der Waals surface area contributed by atoms with Crippen LogP contribution in [-0.4, -0.2) is 302 Å². The first-order valence-electron chi connectivity index (χ1n) is 53.9. The van der Waals surface area contributed by atoms with Gasteiger partial charge in [-0.1, -0.05) is 127 Å². The zero-order chi connectivity index (χ0) is 101. The first-order chi connectivity index (χ1) is 69.0. The van der Waals surface area contributed by atoms with Crippen LogP contribution in [0.4, 0.5) is 19.2 Å². The molecule has 11 N–H and O–H groups in total. The van der Waals surface area contributed by atoms with E-state index in [1.165, 1.54) is 11.1 Å². The predicted octanol–water partition coefficient (Wildman–Crippen LogP) is 15.3. The molecule has 0 aliphatic carbocycles. The number of aliphatic carboxylic acids is 1. The van der Waals surface area contributed by atoms with Crippen LogP contribution >= 0.6 is 47.0 Å². The number of ether oxygens (including phenoxy) is 7. The molecule has 32 nitrogen and oxygen atoms in total. The van der Waals surface area contributed by atoms with Gasteiger partial charge in [0.1, 0.15) is 28.7 Å². The summed E-state index contributed by atoms with van der Waals surface area (Å²) < 4.78 is 38.0. The maximum atomic E-state index is 12.9. The van der Waals surface area contributed by atoms with Gasteiger partial charge < -0.3 is 91.4 Å². The van der Waals surface area contributed by atoms with Crippen molar-refractivity contribution in [2.24, 2.45) is 0 Å². The van der Waals surface area contributed by atoms with Crippen LogP contribution in [0.3, 0.4) is 0 Å². The number of thioether (sulfide) groups is 4. The van der Waals surface area contributed by atoms with E-state index >= 15 is 0 Å². The third-order valence-electron chi connectivity index (χ3n) is 27.4. The molecule has 0 bridgehead atoms. The van der Waals surface area contributed by atoms with Crippen molar-refractivity contribution in [3.8, 4) is 0 Å². The van der Waals surface area contributed by atoms with Gasteiger partial charge in [-0.05, 0) is 185 Å². The first-order valence-corrected chi connectivity index (χ1v) is 58.1. The Kier molecular flexibility index (Phi) is 58.6. The van der Waals surface area contributed by atoms with E-state index in [-0.39, 0.29) is 116 Å². The molecule has 0 aromatic heterocycles. The largest absolute Gasteiger partial charge is 0.481 e. The van der Waals surface area contributed by atoms with Gasteiger partial charge in [-0.3, -0.25) is 48.2 Å². The quantitative estimate of drug-likeness (QED) is 0.0166. The summed E-state index contributed by atoms with van der Waals surface area (Å²) in [6.07, 6.45) is 39.0. The highest BCUT2D eigenvalue weighted by molar-refractivity contribution is 8.01. The second-order valence-electron chi connectivity index (χ2n) is 40.3. The molecule has 2 aromatic carbocycles. The molecule has 8 aliphatic rings. The number of carboxylic acid groups (broad SMARTS) is 1. The van der Waals surface area contributed by atoms with E-state index in [0.717, 1.165) is 268 Å². The first kappa shape index (κ1) is 119. The van der Waals surface area contributed by atoms with E-state index in [1.54, 1.807) is 0 Å². The average molecular weight is 2060 g/mol. The van der Waals surface area contributed by atoms with Crippen molar-refractivity contribution in [2.45, 2.75) is 378 Å². The van der Waals surface area contributed by atoms with Crippen LogP contribution in [-0.2, 0) is 75.0 Å². The average Bonchev–Trinajstić information content (AvgIpc) is 1.68. The molecule has 12 unspecified atom stereocenters. The maximum absolute atomic E-state index is 12.9. The summed E-state index contributed by atoms with van der Waals surface area (Å²) in [4.78, 5) is 150. The molecule has 142 heavy (non-hydrogen) atoms. The van der Waals surface area contributed by atoms with Crippen molar-refractivity contribution in [3.63, 3.8) is 0 Å². The molecule has 12 atom stereocenters. The van der Waals surface area contributed by atoms with Gasteiger partial charge in [-0.25, -0.2) is 19.2 Å². The van der Waals surface area contributed by atoms with Crippen LogP contribution < -0.4 is 53.2 Å². The summed E-state index contributed by atoms with van der Waals surface area (Å²) in [5.41, 5.74) is 3.05. The zero-order valence-electron chi connectivity index (χ0n) is 85.4. The topological polar surface area (TPSA) is 416 Å². The second kappa shape index (κ2) is 70.1. The predicted molar refractivity (Wildman–Crippen MR) is 562 cm³/mol. The van der Waals surface area contributed by atoms with Crippen molar-refractivity contribution < 1.29 is 95.8 Å². The summed E-state index contributed by atoms with van der Waals surface area (Å²) in [6.45, 7) is 16.1. The number of fused-ring (bicyclic) bond motifs is 4. The smallest absolute Gasteiger partial charge is 0.315 e. The minimum Gasteiger partial charge on any atom is -0.481 e. The standard InChI is InChI=1S/C55H90N6O10S2.C51H82N6O10S2/c1-55(2,3)71-49(64)28-32-68-34-36-70-37-35-69-33-29-56-52(65)42-26-24-41(25-27-42)38-61(30-16-8-4-6-10-18-43(62)20-12-14-22-47-50-45(39-72-47)57-53(66)59-50)31-17-9-5-7-11-19-44(63)21-13-15-23-48-51-46(40-73-48)58-54(67)60-51;58-40(17-9-11-19-44-47-42(36-68-44)53-50(63)55-47)15-7-3-1-5-13-27-57(28-14-6-2-4-8-16-41(59)18-10-12-20-45-48-43(37-69-45)54-51(64)56-48)35-38-21-23-39(24-22-38)49(62)52-26-30-66-32-34-67-33-31-65-29-25-46(60)61/h24-27,45-48,50-51H,4-23,28-40H2,1-3H3,(H,56,65)(H2,57,59,66)(H2,58,60,67);21-24,42-45,47-48H,1-20,25-37H2,(H,52,62)(H,60,61)(H2,53,55,63)(H2,54,56,64). The summed E-state index contributed by atoms with van der Waals surface area (Å²) in [5.74, 6) is 3.91. The molecule has 10 rings (SSSR count). The Hall–Kier alpha value is -6.84. The van der Waals surface area contributed by atoms with Gasteiger partial charge >= 0.3 is 36.1 Å². The highest BCUT2D eigenvalue weighted by atomic mass is 32.2. The van der Waals surface area contributed by atoms with Crippen LogP contribution in [0.2, 0.25) is 0 Å². The normalized spacial score (nSPS) is 21.2. The fraction of sp³-hybridized carbons (Fsp3) is 0.774. The SMILES string of the molecule is CC(C)(C)OC(=O)CCOCCOCCOCCNC(=O)c1ccc(CN(CCCCCCCC(=O)CCCCC2SCC3NC(=O)NC32)CCCCCCCC(=O)CCCCC2SCC3NC(=O)NC32)cc1.O=C(O)CCOCCOCCOCCNC(=O)c1ccc(CN(CCCCCCCC(=O)CCCCC2SCC3NC(=O)NC32)CCCCCCCC(=O)CCCCC2SCC3NC(=O)NC32)cc1. The number of nitrogens with one attached hydrogen (secondary N) is 10. The van der Waals surface area contributed by atoms with E-state index in [9.17, 15) is 57.5 Å². The number of carbonyl (C=O) groups is 12. The van der Waals surface area contributed by atoms with Gasteiger partial charge in [0.05, 0.1) is 140 Å². The third-order valence-corrected chi connectivity index (χ3v) is 33.4. The van der Waals surface area contributed by atoms with Crippen molar-refractivity contribution in [3.05, 3.63) is 70.8 Å². The Morgan fingerprint density at radius 1 is 0.317 bits per heavy atom. The number of unbranched alkanes of at least 4 members (excludes halogenated alkanes) is 20. The Bertz CT molecular complexity index is 3880. The number of rotatable bonds is 82. The molecule has 0 radical (unpaired) electrons. The van der Waals surface area contributed by atoms with Crippen LogP contribution in [0, 0.1) is 0 Å². The lowest BCUT2D eigenvalue weighted by atomic mass is 10.0. The van der Waals surface area contributed by atoms with Gasteiger partial charge in [-0.15, -0.1) is 0 Å². The molecule has 0 spiro atoms. The Labute approximate surface area is 862 Å². The van der Waals surface area contributed by atoms with E-state index in [4.69, 9.17) is 38.3 Å². The maximum Gasteiger partial charge on any atom is 0.315 e. The molecule has 2 aromatic rings. The van der Waals surface area contributed by atoms with E-state index in [2.05, 4.69) is 75.1 Å². The van der Waals surface area contributed by atoms with E-state index in [1.807, 2.05) is 104 Å². The van der Waals surface area contributed by atoms with Gasteiger partial charge in [0.25, 0.3) is 11.8 Å². The number of benzene rings is 2. The fourth-order valence-corrected chi connectivity index (χ4v) is 25.7. The highest BCUT2D eigenvalue weighted by Crippen LogP contribution is 2.38. The number of amides is 10. The number of carbonyl (C=O) groups excluding carboxylic acids is 11. The number of hydrogen-bond acceptors (Lipinski definition) is 25. The number of carboxylic acids is 1. The van der Waals surface area contributed by atoms with Crippen LogP contribution in [0.15, 0.2) is 48.5 Å². The lowest BCUT2D eigenvalue weighted by Crippen LogP contribution is -2.36. The van der Waals surface area contributed by atoms with Crippen LogP contribution in [0.25, 0.3) is 0 Å². The summed E-state index contributed by atoms with van der Waals surface area (Å²) in [5, 5.41) is 40.5. The molecular weight excluding hydrogens is 1890 g/mol. The second-order valence-corrected chi connectivity index (χ2v) is 45.4. The van der Waals surface area contributed by atoms with Gasteiger partial charge in [0.15, 0.2) is 0 Å². The van der Waals surface area contributed by atoms with Crippen molar-refractivity contribution in [1.82, 2.24) is 63.0 Å². The van der Waals surface area contributed by atoms with Gasteiger partial charge in [-0.2, -0.15) is 47.0 Å². The van der Waals surface area contributed by atoms with Gasteiger partial charge in [0, 0.05) is 133 Å². The Balaban J connectivity index is 0.000000317.